The summed E-state index contributed by atoms with van der Waals surface area (Å²) in [5, 5.41) is 3.37. The Bertz CT molecular complexity index is 1240. The highest BCUT2D eigenvalue weighted by atomic mass is 35.5. The van der Waals surface area contributed by atoms with Crippen LogP contribution in [-0.2, 0) is 17.6 Å². The van der Waals surface area contributed by atoms with Gasteiger partial charge >= 0.3 is 0 Å². The summed E-state index contributed by atoms with van der Waals surface area (Å²) in [5.74, 6) is 1.10. The van der Waals surface area contributed by atoms with Crippen LogP contribution in [0, 0.1) is 5.92 Å². The van der Waals surface area contributed by atoms with Gasteiger partial charge in [-0.05, 0) is 72.9 Å². The molecular formula is C28H29ClN4O3. The lowest BCUT2D eigenvalue weighted by Crippen LogP contribution is -2.38. The number of carbonyl (C=O) groups is 2. The number of nitrogens with zero attached hydrogens (tertiary/aromatic N) is 3. The molecule has 2 amide bonds. The highest BCUT2D eigenvalue weighted by Gasteiger charge is 2.28. The Morgan fingerprint density at radius 1 is 1.06 bits per heavy atom. The third-order valence-electron chi connectivity index (χ3n) is 7.32. The van der Waals surface area contributed by atoms with Crippen LogP contribution in [0.2, 0.25) is 5.15 Å². The fraction of sp³-hybridized carbons (Fsp3) is 0.357. The van der Waals surface area contributed by atoms with Crippen molar-refractivity contribution in [3.63, 3.8) is 0 Å². The zero-order chi connectivity index (χ0) is 25.1. The molecule has 0 saturated carbocycles. The molecule has 186 valence electrons. The molecule has 36 heavy (non-hydrogen) atoms. The second-order valence-corrected chi connectivity index (χ2v) is 9.83. The predicted molar refractivity (Wildman–Crippen MR) is 139 cm³/mol. The third-order valence-corrected chi connectivity index (χ3v) is 7.52. The number of amides is 2. The number of methoxy groups -OCH3 is 1. The van der Waals surface area contributed by atoms with Gasteiger partial charge in [0.15, 0.2) is 0 Å². The lowest BCUT2D eigenvalue weighted by Gasteiger charge is -2.32. The van der Waals surface area contributed by atoms with Crippen LogP contribution in [0.3, 0.4) is 0 Å². The largest absolute Gasteiger partial charge is 0.496 e. The Balaban J connectivity index is 1.16. The number of likely N-dealkylation sites (tertiary alicyclic amines) is 1. The molecule has 2 aromatic carbocycles. The van der Waals surface area contributed by atoms with Gasteiger partial charge in [0.25, 0.3) is 5.91 Å². The van der Waals surface area contributed by atoms with Gasteiger partial charge in [0.2, 0.25) is 5.91 Å². The average molecular weight is 505 g/mol. The molecule has 1 N–H and O–H groups in total. The molecule has 1 unspecified atom stereocenters. The van der Waals surface area contributed by atoms with E-state index in [1.807, 2.05) is 29.2 Å². The highest BCUT2D eigenvalue weighted by Crippen LogP contribution is 2.33. The van der Waals surface area contributed by atoms with E-state index in [0.29, 0.717) is 31.1 Å². The van der Waals surface area contributed by atoms with Crippen molar-refractivity contribution in [2.45, 2.75) is 38.0 Å². The van der Waals surface area contributed by atoms with Gasteiger partial charge in [-0.2, -0.15) is 0 Å². The summed E-state index contributed by atoms with van der Waals surface area (Å²) in [6.45, 7) is 1.33. The van der Waals surface area contributed by atoms with Crippen LogP contribution >= 0.6 is 11.6 Å². The number of nitrogens with one attached hydrogen (secondary N) is 1. The number of hydrogen-bond acceptors (Lipinski definition) is 5. The number of aromatic nitrogens is 2. The van der Waals surface area contributed by atoms with E-state index in [2.05, 4.69) is 33.5 Å². The maximum absolute atomic E-state index is 13.0. The van der Waals surface area contributed by atoms with Gasteiger partial charge in [0.1, 0.15) is 22.9 Å². The smallest absolute Gasteiger partial charge is 0.272 e. The molecule has 1 aliphatic carbocycles. The molecule has 1 fully saturated rings. The van der Waals surface area contributed by atoms with Crippen molar-refractivity contribution < 1.29 is 14.3 Å². The van der Waals surface area contributed by atoms with Crippen molar-refractivity contribution in [1.82, 2.24) is 14.9 Å². The highest BCUT2D eigenvalue weighted by molar-refractivity contribution is 6.29. The van der Waals surface area contributed by atoms with Crippen LogP contribution in [-0.4, -0.2) is 46.9 Å². The second kappa shape index (κ2) is 10.7. The molecule has 8 heteroatoms. The minimum atomic E-state index is -0.112. The first-order valence-corrected chi connectivity index (χ1v) is 12.7. The summed E-state index contributed by atoms with van der Waals surface area (Å²) in [5.41, 5.74) is 4.78. The normalized spacial score (nSPS) is 17.8. The van der Waals surface area contributed by atoms with Gasteiger partial charge in [0, 0.05) is 30.8 Å². The molecule has 2 aliphatic rings. The monoisotopic (exact) mass is 504 g/mol. The summed E-state index contributed by atoms with van der Waals surface area (Å²) in [4.78, 5) is 35.4. The number of carbonyl (C=O) groups excluding carboxylic acids is 2. The quantitative estimate of drug-likeness (QED) is 0.499. The van der Waals surface area contributed by atoms with Crippen molar-refractivity contribution in [3.05, 3.63) is 82.4 Å². The Morgan fingerprint density at radius 3 is 2.56 bits per heavy atom. The van der Waals surface area contributed by atoms with Crippen molar-refractivity contribution in [2.75, 3.05) is 25.5 Å². The molecule has 1 aliphatic heterocycles. The van der Waals surface area contributed by atoms with E-state index in [4.69, 9.17) is 16.3 Å². The van der Waals surface area contributed by atoms with E-state index in [-0.39, 0.29) is 22.9 Å². The SMILES string of the molecule is COc1cccc2c1CC(C(=O)Nc1ccc(C3CCN(C(=O)c4cc(Cl)ncn4)CC3)cc1)CC2. The van der Waals surface area contributed by atoms with Crippen molar-refractivity contribution in [3.8, 4) is 5.75 Å². The van der Waals surface area contributed by atoms with Crippen molar-refractivity contribution in [2.24, 2.45) is 5.92 Å². The molecular weight excluding hydrogens is 476 g/mol. The van der Waals surface area contributed by atoms with E-state index < -0.39 is 0 Å². The average Bonchev–Trinajstić information content (AvgIpc) is 2.92. The van der Waals surface area contributed by atoms with Crippen LogP contribution in [0.5, 0.6) is 5.75 Å². The van der Waals surface area contributed by atoms with Crippen LogP contribution in [0.25, 0.3) is 0 Å². The summed E-state index contributed by atoms with van der Waals surface area (Å²) in [6, 6.07) is 15.7. The molecule has 0 radical (unpaired) electrons. The maximum atomic E-state index is 13.0. The number of piperidine rings is 1. The van der Waals surface area contributed by atoms with Crippen LogP contribution < -0.4 is 10.1 Å². The van der Waals surface area contributed by atoms with E-state index in [1.165, 1.54) is 23.5 Å². The number of aryl methyl sites for hydroxylation is 1. The van der Waals surface area contributed by atoms with Gasteiger partial charge in [-0.15, -0.1) is 0 Å². The van der Waals surface area contributed by atoms with Crippen LogP contribution in [0.4, 0.5) is 5.69 Å². The fourth-order valence-corrected chi connectivity index (χ4v) is 5.43. The Labute approximate surface area is 215 Å². The van der Waals surface area contributed by atoms with Crippen LogP contribution in [0.1, 0.15) is 52.4 Å². The second-order valence-electron chi connectivity index (χ2n) is 9.44. The zero-order valence-electron chi connectivity index (χ0n) is 20.2. The Kier molecular flexibility index (Phi) is 7.18. The lowest BCUT2D eigenvalue weighted by atomic mass is 9.83. The summed E-state index contributed by atoms with van der Waals surface area (Å²) < 4.78 is 5.51. The molecule has 0 bridgehead atoms. The fourth-order valence-electron chi connectivity index (χ4n) is 5.28. The standard InChI is InChI=1S/C28H29ClN4O3/c1-36-25-4-2-3-20-5-6-21(15-23(20)25)27(34)32-22-9-7-18(8-10-22)19-11-13-33(14-12-19)28(35)24-16-26(29)31-17-30-24/h2-4,7-10,16-17,19,21H,5-6,11-15H2,1H3,(H,32,34). The number of ether oxygens (including phenoxy) is 1. The number of anilines is 1. The number of halogens is 1. The first-order valence-electron chi connectivity index (χ1n) is 12.3. The first kappa shape index (κ1) is 24.3. The molecule has 5 rings (SSSR count). The minimum absolute atomic E-state index is 0.0518. The van der Waals surface area contributed by atoms with Gasteiger partial charge in [-0.3, -0.25) is 9.59 Å². The number of hydrogen-bond donors (Lipinski definition) is 1. The summed E-state index contributed by atoms with van der Waals surface area (Å²) in [7, 11) is 1.68. The first-order chi connectivity index (χ1) is 17.5. The van der Waals surface area contributed by atoms with Gasteiger partial charge in [0.05, 0.1) is 7.11 Å². The van der Waals surface area contributed by atoms with E-state index in [9.17, 15) is 9.59 Å². The molecule has 2 heterocycles. The molecule has 1 atom stereocenters. The molecule has 3 aromatic rings. The van der Waals surface area contributed by atoms with Gasteiger partial charge in [-0.25, -0.2) is 9.97 Å². The Morgan fingerprint density at radius 2 is 1.83 bits per heavy atom. The van der Waals surface area contributed by atoms with E-state index in [0.717, 1.165) is 42.7 Å². The molecule has 1 saturated heterocycles. The Hall–Kier alpha value is -3.45. The summed E-state index contributed by atoms with van der Waals surface area (Å²) >= 11 is 5.90. The van der Waals surface area contributed by atoms with Crippen molar-refractivity contribution in [1.29, 1.82) is 0 Å². The number of benzene rings is 2. The van der Waals surface area contributed by atoms with E-state index >= 15 is 0 Å². The molecule has 0 spiro atoms. The van der Waals surface area contributed by atoms with Gasteiger partial charge < -0.3 is 15.0 Å². The number of fused-ring (bicyclic) bond motifs is 1. The minimum Gasteiger partial charge on any atom is -0.496 e. The number of rotatable bonds is 5. The maximum Gasteiger partial charge on any atom is 0.272 e. The van der Waals surface area contributed by atoms with Crippen LogP contribution in [0.15, 0.2) is 54.9 Å². The van der Waals surface area contributed by atoms with Crippen molar-refractivity contribution >= 4 is 29.1 Å². The molecule has 1 aromatic heterocycles. The lowest BCUT2D eigenvalue weighted by molar-refractivity contribution is -0.120. The molecule has 7 nitrogen and oxygen atoms in total. The zero-order valence-corrected chi connectivity index (χ0v) is 21.0. The third kappa shape index (κ3) is 5.21. The van der Waals surface area contributed by atoms with Gasteiger partial charge in [-0.1, -0.05) is 35.9 Å². The van der Waals surface area contributed by atoms with E-state index in [1.54, 1.807) is 7.11 Å². The summed E-state index contributed by atoms with van der Waals surface area (Å²) in [6.07, 6.45) is 5.48. The topological polar surface area (TPSA) is 84.4 Å². The predicted octanol–water partition coefficient (Wildman–Crippen LogP) is 4.90.